The monoisotopic (exact) mass is 308 g/mol. The van der Waals surface area contributed by atoms with E-state index in [0.717, 1.165) is 16.7 Å². The molecule has 0 saturated carbocycles. The van der Waals surface area contributed by atoms with Crippen molar-refractivity contribution in [3.63, 3.8) is 0 Å². The molecule has 0 aromatic heterocycles. The van der Waals surface area contributed by atoms with Crippen LogP contribution in [0.5, 0.6) is 0 Å². The van der Waals surface area contributed by atoms with Gasteiger partial charge in [-0.1, -0.05) is 30.3 Å². The summed E-state index contributed by atoms with van der Waals surface area (Å²) in [5.41, 5.74) is 4.01. The van der Waals surface area contributed by atoms with Gasteiger partial charge in [-0.25, -0.2) is 0 Å². The lowest BCUT2D eigenvalue weighted by Crippen LogP contribution is -2.37. The molecule has 2 aromatic rings. The molecule has 2 atom stereocenters. The summed E-state index contributed by atoms with van der Waals surface area (Å²) >= 11 is 0. The van der Waals surface area contributed by atoms with Crippen LogP contribution in [-0.4, -0.2) is 23.0 Å². The molecule has 1 aliphatic heterocycles. The Kier molecular flexibility index (Phi) is 3.16. The molecular formula is C18H16N2O3. The van der Waals surface area contributed by atoms with Crippen LogP contribution in [0.25, 0.3) is 0 Å². The fourth-order valence-corrected chi connectivity index (χ4v) is 3.31. The number of aliphatic hydroxyl groups excluding tert-OH is 1. The molecule has 0 unspecified atom stereocenters. The first-order chi connectivity index (χ1) is 11.1. The number of fused-ring (bicyclic) bond motifs is 2. The molecule has 0 radical (unpaired) electrons. The van der Waals surface area contributed by atoms with Crippen LogP contribution in [-0.2, 0) is 17.6 Å². The van der Waals surface area contributed by atoms with Crippen LogP contribution in [0.1, 0.15) is 33.2 Å². The normalized spacial score (nSPS) is 21.5. The third-order valence-electron chi connectivity index (χ3n) is 4.51. The van der Waals surface area contributed by atoms with Gasteiger partial charge in [0.25, 0.3) is 5.91 Å². The maximum atomic E-state index is 12.4. The predicted octanol–water partition coefficient (Wildman–Crippen LogP) is 1.57. The number of anilines is 1. The van der Waals surface area contributed by atoms with Gasteiger partial charge in [-0.15, -0.1) is 0 Å². The van der Waals surface area contributed by atoms with Crippen molar-refractivity contribution in [1.82, 2.24) is 5.32 Å². The highest BCUT2D eigenvalue weighted by Gasteiger charge is 2.32. The zero-order valence-electron chi connectivity index (χ0n) is 12.4. The Balaban J connectivity index is 1.51. The number of benzene rings is 2. The number of amides is 2. The van der Waals surface area contributed by atoms with Gasteiger partial charge >= 0.3 is 0 Å². The van der Waals surface area contributed by atoms with E-state index in [9.17, 15) is 14.7 Å². The first kappa shape index (κ1) is 14.0. The summed E-state index contributed by atoms with van der Waals surface area (Å²) in [7, 11) is 0. The Labute approximate surface area is 133 Å². The Bertz CT molecular complexity index is 816. The number of hydrogen-bond acceptors (Lipinski definition) is 3. The van der Waals surface area contributed by atoms with Crippen LogP contribution in [0.2, 0.25) is 0 Å². The van der Waals surface area contributed by atoms with E-state index in [-0.39, 0.29) is 17.9 Å². The molecule has 5 nitrogen and oxygen atoms in total. The number of carbonyl (C=O) groups excluding carboxylic acids is 2. The molecular weight excluding hydrogens is 292 g/mol. The number of aliphatic hydroxyl groups is 1. The summed E-state index contributed by atoms with van der Waals surface area (Å²) in [5, 5.41) is 16.0. The highest BCUT2D eigenvalue weighted by atomic mass is 16.3. The van der Waals surface area contributed by atoms with E-state index in [1.807, 2.05) is 24.3 Å². The van der Waals surface area contributed by atoms with Crippen molar-refractivity contribution in [3.8, 4) is 0 Å². The third kappa shape index (κ3) is 2.39. The van der Waals surface area contributed by atoms with Gasteiger partial charge in [0.05, 0.1) is 18.6 Å². The van der Waals surface area contributed by atoms with Crippen molar-refractivity contribution < 1.29 is 14.7 Å². The van der Waals surface area contributed by atoms with E-state index >= 15 is 0 Å². The molecule has 0 bridgehead atoms. The highest BCUT2D eigenvalue weighted by molar-refractivity contribution is 6.02. The van der Waals surface area contributed by atoms with Gasteiger partial charge in [-0.2, -0.15) is 0 Å². The predicted molar refractivity (Wildman–Crippen MR) is 85.1 cm³/mol. The van der Waals surface area contributed by atoms with Gasteiger partial charge in [0.15, 0.2) is 0 Å². The molecule has 0 spiro atoms. The Hall–Kier alpha value is -2.66. The number of rotatable bonds is 2. The van der Waals surface area contributed by atoms with Gasteiger partial charge < -0.3 is 15.7 Å². The lowest BCUT2D eigenvalue weighted by Gasteiger charge is -2.17. The lowest BCUT2D eigenvalue weighted by atomic mass is 10.1. The van der Waals surface area contributed by atoms with Gasteiger partial charge in [0, 0.05) is 11.3 Å². The van der Waals surface area contributed by atoms with Crippen LogP contribution in [0, 0.1) is 0 Å². The molecule has 2 aromatic carbocycles. The van der Waals surface area contributed by atoms with Crippen molar-refractivity contribution in [1.29, 1.82) is 0 Å². The summed E-state index contributed by atoms with van der Waals surface area (Å²) in [6.07, 6.45) is 0.280. The standard InChI is InChI=1S/C18H16N2O3/c21-16-9-11-5-6-12(8-14(11)19-16)18(23)20-15-7-10-3-1-2-4-13(10)17(15)22/h1-6,8,15,17,22H,7,9H2,(H,19,21)(H,20,23)/t15-,17-/m1/s1. The van der Waals surface area contributed by atoms with E-state index in [4.69, 9.17) is 0 Å². The summed E-state index contributed by atoms with van der Waals surface area (Å²) in [6, 6.07) is 12.5. The summed E-state index contributed by atoms with van der Waals surface area (Å²) in [6.45, 7) is 0. The van der Waals surface area contributed by atoms with Gasteiger partial charge in [0.1, 0.15) is 0 Å². The van der Waals surface area contributed by atoms with Gasteiger partial charge in [-0.3, -0.25) is 9.59 Å². The fraction of sp³-hybridized carbons (Fsp3) is 0.222. The minimum absolute atomic E-state index is 0.0563. The van der Waals surface area contributed by atoms with E-state index in [0.29, 0.717) is 24.1 Å². The third-order valence-corrected chi connectivity index (χ3v) is 4.51. The van der Waals surface area contributed by atoms with Crippen LogP contribution in [0.4, 0.5) is 5.69 Å². The molecule has 2 aliphatic rings. The molecule has 0 saturated heterocycles. The highest BCUT2D eigenvalue weighted by Crippen LogP contribution is 2.31. The SMILES string of the molecule is O=C1Cc2ccc(C(=O)N[C@@H]3Cc4ccccc4[C@H]3O)cc2N1. The van der Waals surface area contributed by atoms with Crippen LogP contribution < -0.4 is 10.6 Å². The zero-order chi connectivity index (χ0) is 16.0. The van der Waals surface area contributed by atoms with E-state index in [2.05, 4.69) is 10.6 Å². The second kappa shape index (κ2) is 5.21. The van der Waals surface area contributed by atoms with Gasteiger partial charge in [0.2, 0.25) is 5.91 Å². The number of hydrogen-bond donors (Lipinski definition) is 3. The molecule has 3 N–H and O–H groups in total. The lowest BCUT2D eigenvalue weighted by molar-refractivity contribution is -0.115. The molecule has 23 heavy (non-hydrogen) atoms. The largest absolute Gasteiger partial charge is 0.386 e. The first-order valence-electron chi connectivity index (χ1n) is 7.61. The summed E-state index contributed by atoms with van der Waals surface area (Å²) in [5.74, 6) is -0.301. The average molecular weight is 308 g/mol. The molecule has 5 heteroatoms. The molecule has 2 amide bonds. The smallest absolute Gasteiger partial charge is 0.251 e. The minimum Gasteiger partial charge on any atom is -0.386 e. The van der Waals surface area contributed by atoms with Crippen LogP contribution in [0.15, 0.2) is 42.5 Å². The van der Waals surface area contributed by atoms with Gasteiger partial charge in [-0.05, 0) is 35.2 Å². The molecule has 1 aliphatic carbocycles. The Morgan fingerprint density at radius 2 is 2.00 bits per heavy atom. The maximum absolute atomic E-state index is 12.4. The van der Waals surface area contributed by atoms with Crippen molar-refractivity contribution in [2.75, 3.05) is 5.32 Å². The minimum atomic E-state index is -0.690. The van der Waals surface area contributed by atoms with E-state index in [1.54, 1.807) is 18.2 Å². The maximum Gasteiger partial charge on any atom is 0.251 e. The topological polar surface area (TPSA) is 78.4 Å². The van der Waals surface area contributed by atoms with Crippen molar-refractivity contribution >= 4 is 17.5 Å². The Morgan fingerprint density at radius 1 is 1.17 bits per heavy atom. The molecule has 0 fully saturated rings. The second-order valence-corrected chi connectivity index (χ2v) is 6.02. The quantitative estimate of drug-likeness (QED) is 0.788. The van der Waals surface area contributed by atoms with Crippen LogP contribution >= 0.6 is 0 Å². The zero-order valence-corrected chi connectivity index (χ0v) is 12.4. The average Bonchev–Trinajstić information content (AvgIpc) is 3.06. The number of nitrogens with one attached hydrogen (secondary N) is 2. The van der Waals surface area contributed by atoms with Crippen molar-refractivity contribution in [3.05, 3.63) is 64.7 Å². The first-order valence-corrected chi connectivity index (χ1v) is 7.61. The second-order valence-electron chi connectivity index (χ2n) is 6.02. The van der Waals surface area contributed by atoms with Crippen LogP contribution in [0.3, 0.4) is 0 Å². The molecule has 4 rings (SSSR count). The Morgan fingerprint density at radius 3 is 2.83 bits per heavy atom. The molecule has 1 heterocycles. The summed E-state index contributed by atoms with van der Waals surface area (Å²) < 4.78 is 0. The molecule has 116 valence electrons. The number of carbonyl (C=O) groups is 2. The van der Waals surface area contributed by atoms with E-state index < -0.39 is 6.10 Å². The van der Waals surface area contributed by atoms with Crippen molar-refractivity contribution in [2.24, 2.45) is 0 Å². The van der Waals surface area contributed by atoms with Crippen molar-refractivity contribution in [2.45, 2.75) is 25.0 Å². The summed E-state index contributed by atoms with van der Waals surface area (Å²) in [4.78, 5) is 23.8. The van der Waals surface area contributed by atoms with E-state index in [1.165, 1.54) is 0 Å². The fourth-order valence-electron chi connectivity index (χ4n) is 3.31.